The molecule has 0 saturated heterocycles. The zero-order chi connectivity index (χ0) is 9.84. The van der Waals surface area contributed by atoms with Crippen LogP contribution in [0.1, 0.15) is 59.8 Å². The van der Waals surface area contributed by atoms with Crippen LogP contribution in [-0.2, 0) is 0 Å². The van der Waals surface area contributed by atoms with Crippen LogP contribution in [-0.4, -0.2) is 0 Å². The maximum atomic E-state index is 2.43. The molecule has 0 nitrogen and oxygen atoms in total. The Kier molecular flexibility index (Phi) is 4.28. The van der Waals surface area contributed by atoms with E-state index in [1.165, 1.54) is 32.1 Å². The molecule has 0 heterocycles. The summed E-state index contributed by atoms with van der Waals surface area (Å²) >= 11 is 0. The zero-order valence-electron chi connectivity index (χ0n) is 9.84. The Bertz CT molecular complexity index is 135. The first-order valence-electron chi connectivity index (χ1n) is 6.13. The van der Waals surface area contributed by atoms with Crippen molar-refractivity contribution in [3.05, 3.63) is 0 Å². The standard InChI is InChI=1S/C13H26/c1-5-12-7-6-11(4)9-13(12)8-10(2)3/h10-13H,5-9H2,1-4H3. The molecule has 1 aliphatic rings. The van der Waals surface area contributed by atoms with Crippen LogP contribution in [0, 0.1) is 23.7 Å². The smallest absolute Gasteiger partial charge is 0.0381 e. The first-order valence-corrected chi connectivity index (χ1v) is 6.13. The maximum Gasteiger partial charge on any atom is -0.0381 e. The molecule has 0 bridgehead atoms. The van der Waals surface area contributed by atoms with Crippen molar-refractivity contribution in [3.8, 4) is 0 Å². The van der Waals surface area contributed by atoms with E-state index in [0.29, 0.717) is 0 Å². The van der Waals surface area contributed by atoms with Crippen LogP contribution in [0.2, 0.25) is 0 Å². The lowest BCUT2D eigenvalue weighted by molar-refractivity contribution is 0.159. The molecule has 0 aromatic carbocycles. The Labute approximate surface area is 84.1 Å². The van der Waals surface area contributed by atoms with Crippen molar-refractivity contribution in [3.63, 3.8) is 0 Å². The molecule has 3 atom stereocenters. The van der Waals surface area contributed by atoms with Crippen molar-refractivity contribution in [2.45, 2.75) is 59.8 Å². The van der Waals surface area contributed by atoms with Gasteiger partial charge < -0.3 is 0 Å². The number of hydrogen-bond donors (Lipinski definition) is 0. The van der Waals surface area contributed by atoms with Crippen molar-refractivity contribution in [1.82, 2.24) is 0 Å². The predicted molar refractivity (Wildman–Crippen MR) is 59.7 cm³/mol. The van der Waals surface area contributed by atoms with Crippen molar-refractivity contribution in [2.75, 3.05) is 0 Å². The average Bonchev–Trinajstić information content (AvgIpc) is 2.03. The van der Waals surface area contributed by atoms with Gasteiger partial charge in [0.25, 0.3) is 0 Å². The van der Waals surface area contributed by atoms with E-state index in [9.17, 15) is 0 Å². The second-order valence-corrected chi connectivity index (χ2v) is 5.48. The molecule has 0 aromatic heterocycles. The Hall–Kier alpha value is 0. The van der Waals surface area contributed by atoms with Crippen molar-refractivity contribution in [1.29, 1.82) is 0 Å². The Morgan fingerprint density at radius 3 is 2.38 bits per heavy atom. The zero-order valence-corrected chi connectivity index (χ0v) is 9.84. The lowest BCUT2D eigenvalue weighted by Crippen LogP contribution is -2.24. The van der Waals surface area contributed by atoms with Gasteiger partial charge in [0.05, 0.1) is 0 Å². The number of hydrogen-bond acceptors (Lipinski definition) is 0. The van der Waals surface area contributed by atoms with Gasteiger partial charge in [-0.1, -0.05) is 40.5 Å². The minimum atomic E-state index is 0.893. The van der Waals surface area contributed by atoms with Gasteiger partial charge in [-0.05, 0) is 42.9 Å². The highest BCUT2D eigenvalue weighted by Crippen LogP contribution is 2.38. The van der Waals surface area contributed by atoms with Crippen LogP contribution < -0.4 is 0 Å². The van der Waals surface area contributed by atoms with Gasteiger partial charge >= 0.3 is 0 Å². The van der Waals surface area contributed by atoms with E-state index >= 15 is 0 Å². The summed E-state index contributed by atoms with van der Waals surface area (Å²) in [6, 6.07) is 0. The van der Waals surface area contributed by atoms with E-state index in [-0.39, 0.29) is 0 Å². The van der Waals surface area contributed by atoms with Gasteiger partial charge in [0.1, 0.15) is 0 Å². The monoisotopic (exact) mass is 182 g/mol. The lowest BCUT2D eigenvalue weighted by Gasteiger charge is -2.35. The second kappa shape index (κ2) is 5.02. The van der Waals surface area contributed by atoms with E-state index in [1.807, 2.05) is 0 Å². The Balaban J connectivity index is 2.44. The normalized spacial score (nSPS) is 35.3. The highest BCUT2D eigenvalue weighted by Gasteiger charge is 2.27. The minimum absolute atomic E-state index is 0.893. The average molecular weight is 182 g/mol. The summed E-state index contributed by atoms with van der Waals surface area (Å²) in [5, 5.41) is 0. The Morgan fingerprint density at radius 1 is 1.15 bits per heavy atom. The Morgan fingerprint density at radius 2 is 1.85 bits per heavy atom. The highest BCUT2D eigenvalue weighted by molar-refractivity contribution is 4.78. The van der Waals surface area contributed by atoms with Crippen LogP contribution in [0.3, 0.4) is 0 Å². The number of rotatable bonds is 3. The molecular formula is C13H26. The molecule has 13 heavy (non-hydrogen) atoms. The third-order valence-electron chi connectivity index (χ3n) is 3.70. The topological polar surface area (TPSA) is 0 Å². The fraction of sp³-hybridized carbons (Fsp3) is 1.00. The SMILES string of the molecule is CCC1CCC(C)CC1CC(C)C. The molecule has 0 heteroatoms. The fourth-order valence-corrected chi connectivity index (χ4v) is 2.99. The van der Waals surface area contributed by atoms with E-state index in [0.717, 1.165) is 23.7 Å². The van der Waals surface area contributed by atoms with Gasteiger partial charge in [0, 0.05) is 0 Å². The van der Waals surface area contributed by atoms with E-state index in [1.54, 1.807) is 0 Å². The van der Waals surface area contributed by atoms with Crippen molar-refractivity contribution >= 4 is 0 Å². The predicted octanol–water partition coefficient (Wildman–Crippen LogP) is 4.49. The maximum absolute atomic E-state index is 2.43. The minimum Gasteiger partial charge on any atom is -0.0651 e. The molecule has 3 unspecified atom stereocenters. The second-order valence-electron chi connectivity index (χ2n) is 5.48. The summed E-state index contributed by atoms with van der Waals surface area (Å²) in [4.78, 5) is 0. The van der Waals surface area contributed by atoms with Gasteiger partial charge in [-0.3, -0.25) is 0 Å². The summed E-state index contributed by atoms with van der Waals surface area (Å²) in [5.74, 6) is 3.96. The quantitative estimate of drug-likeness (QED) is 0.603. The van der Waals surface area contributed by atoms with Crippen LogP contribution >= 0.6 is 0 Å². The van der Waals surface area contributed by atoms with Gasteiger partial charge in [-0.15, -0.1) is 0 Å². The summed E-state index contributed by atoms with van der Waals surface area (Å²) in [7, 11) is 0. The summed E-state index contributed by atoms with van der Waals surface area (Å²) in [6.45, 7) is 9.53. The van der Waals surface area contributed by atoms with Crippen LogP contribution in [0.15, 0.2) is 0 Å². The largest absolute Gasteiger partial charge is 0.0651 e. The third-order valence-corrected chi connectivity index (χ3v) is 3.70. The fourth-order valence-electron chi connectivity index (χ4n) is 2.99. The summed E-state index contributed by atoms with van der Waals surface area (Å²) in [5.41, 5.74) is 0. The molecule has 0 N–H and O–H groups in total. The molecule has 1 fully saturated rings. The molecule has 0 spiro atoms. The lowest BCUT2D eigenvalue weighted by atomic mass is 9.71. The third kappa shape index (κ3) is 3.32. The molecule has 1 saturated carbocycles. The van der Waals surface area contributed by atoms with Gasteiger partial charge in [-0.25, -0.2) is 0 Å². The molecule has 0 amide bonds. The first-order chi connectivity index (χ1) is 6.13. The molecular weight excluding hydrogens is 156 g/mol. The van der Waals surface area contributed by atoms with Gasteiger partial charge in [0.15, 0.2) is 0 Å². The van der Waals surface area contributed by atoms with Gasteiger partial charge in [-0.2, -0.15) is 0 Å². The summed E-state index contributed by atoms with van der Waals surface area (Å²) < 4.78 is 0. The van der Waals surface area contributed by atoms with Crippen LogP contribution in [0.4, 0.5) is 0 Å². The molecule has 0 aromatic rings. The first kappa shape index (κ1) is 11.1. The van der Waals surface area contributed by atoms with Crippen molar-refractivity contribution < 1.29 is 0 Å². The van der Waals surface area contributed by atoms with Crippen LogP contribution in [0.25, 0.3) is 0 Å². The van der Waals surface area contributed by atoms with E-state index in [4.69, 9.17) is 0 Å². The van der Waals surface area contributed by atoms with Crippen LogP contribution in [0.5, 0.6) is 0 Å². The van der Waals surface area contributed by atoms with Gasteiger partial charge in [0.2, 0.25) is 0 Å². The molecule has 1 aliphatic carbocycles. The highest BCUT2D eigenvalue weighted by atomic mass is 14.3. The molecule has 0 radical (unpaired) electrons. The van der Waals surface area contributed by atoms with Crippen molar-refractivity contribution in [2.24, 2.45) is 23.7 Å². The molecule has 1 rings (SSSR count). The summed E-state index contributed by atoms with van der Waals surface area (Å²) in [6.07, 6.45) is 7.34. The molecule has 78 valence electrons. The van der Waals surface area contributed by atoms with E-state index < -0.39 is 0 Å². The van der Waals surface area contributed by atoms with E-state index in [2.05, 4.69) is 27.7 Å². The molecule has 0 aliphatic heterocycles.